The molecule has 32 heavy (non-hydrogen) atoms. The van der Waals surface area contributed by atoms with Gasteiger partial charge in [-0.3, -0.25) is 9.78 Å². The largest absolute Gasteiger partial charge is 0.493 e. The van der Waals surface area contributed by atoms with Crippen LogP contribution in [0.4, 0.5) is 5.69 Å². The third-order valence-electron chi connectivity index (χ3n) is 4.80. The number of rotatable bonds is 8. The molecule has 0 saturated carbocycles. The highest BCUT2D eigenvalue weighted by Crippen LogP contribution is 2.31. The second-order valence-electron chi connectivity index (χ2n) is 7.19. The van der Waals surface area contributed by atoms with E-state index in [1.807, 2.05) is 48.7 Å². The molecule has 0 spiro atoms. The van der Waals surface area contributed by atoms with Crippen molar-refractivity contribution in [2.24, 2.45) is 0 Å². The molecule has 0 saturated heterocycles. The van der Waals surface area contributed by atoms with Crippen LogP contribution in [0.1, 0.15) is 16.1 Å². The second kappa shape index (κ2) is 10.1. The molecular weight excluding hydrogens is 422 g/mol. The molecule has 0 aliphatic heterocycles. The number of carbonyl (C=O) groups is 1. The van der Waals surface area contributed by atoms with Gasteiger partial charge in [0.15, 0.2) is 11.5 Å². The molecule has 162 valence electrons. The summed E-state index contributed by atoms with van der Waals surface area (Å²) in [7, 11) is 1.58. The van der Waals surface area contributed by atoms with E-state index < -0.39 is 0 Å². The fourth-order valence-electron chi connectivity index (χ4n) is 3.19. The minimum atomic E-state index is -0.106. The van der Waals surface area contributed by atoms with E-state index in [0.29, 0.717) is 23.8 Å². The van der Waals surface area contributed by atoms with Gasteiger partial charge < -0.3 is 14.8 Å². The van der Waals surface area contributed by atoms with Crippen molar-refractivity contribution < 1.29 is 14.3 Å². The number of anilines is 1. The number of nitrogens with one attached hydrogen (secondary N) is 1. The van der Waals surface area contributed by atoms with Crippen LogP contribution in [0, 0.1) is 6.92 Å². The van der Waals surface area contributed by atoms with Gasteiger partial charge in [0.1, 0.15) is 6.61 Å². The fraction of sp³-hybridized carbons (Fsp3) is 0.160. The van der Waals surface area contributed by atoms with Gasteiger partial charge in [-0.05, 0) is 30.7 Å². The molecule has 1 N–H and O–H groups in total. The second-order valence-corrected chi connectivity index (χ2v) is 8.25. The summed E-state index contributed by atoms with van der Waals surface area (Å²) in [6.45, 7) is 2.34. The number of pyridine rings is 1. The van der Waals surface area contributed by atoms with E-state index in [2.05, 4.69) is 15.3 Å². The van der Waals surface area contributed by atoms with Crippen LogP contribution in [-0.4, -0.2) is 23.0 Å². The van der Waals surface area contributed by atoms with Crippen LogP contribution in [0.2, 0.25) is 0 Å². The maximum atomic E-state index is 12.6. The summed E-state index contributed by atoms with van der Waals surface area (Å²) in [5, 5.41) is 6.00. The van der Waals surface area contributed by atoms with Crippen molar-refractivity contribution in [1.82, 2.24) is 9.97 Å². The third kappa shape index (κ3) is 5.50. The van der Waals surface area contributed by atoms with Crippen LogP contribution >= 0.6 is 11.3 Å². The van der Waals surface area contributed by atoms with Crippen LogP contribution in [0.3, 0.4) is 0 Å². The average Bonchev–Trinajstić information content (AvgIpc) is 3.25. The Kier molecular flexibility index (Phi) is 6.77. The Labute approximate surface area is 190 Å². The van der Waals surface area contributed by atoms with Crippen LogP contribution in [0.5, 0.6) is 11.5 Å². The average molecular weight is 446 g/mol. The van der Waals surface area contributed by atoms with Gasteiger partial charge in [-0.2, -0.15) is 0 Å². The number of methoxy groups -OCH3 is 1. The number of aryl methyl sites for hydroxylation is 1. The number of ether oxygens (including phenoxy) is 2. The number of carbonyl (C=O) groups excluding carboxylic acids is 1. The van der Waals surface area contributed by atoms with E-state index >= 15 is 0 Å². The van der Waals surface area contributed by atoms with Gasteiger partial charge in [-0.1, -0.05) is 30.3 Å². The van der Waals surface area contributed by atoms with E-state index in [-0.39, 0.29) is 12.3 Å². The van der Waals surface area contributed by atoms with E-state index in [1.165, 1.54) is 0 Å². The summed E-state index contributed by atoms with van der Waals surface area (Å²) in [6, 6.07) is 17.0. The normalized spacial score (nSPS) is 10.6. The molecule has 0 unspecified atom stereocenters. The maximum absolute atomic E-state index is 12.6. The number of benzene rings is 2. The van der Waals surface area contributed by atoms with Crippen LogP contribution in [0.15, 0.2) is 72.4 Å². The number of thiazole rings is 1. The first-order valence-corrected chi connectivity index (χ1v) is 11.0. The molecule has 7 heteroatoms. The topological polar surface area (TPSA) is 73.3 Å². The van der Waals surface area contributed by atoms with Crippen LogP contribution in [0.25, 0.3) is 11.3 Å². The number of hydrogen-bond acceptors (Lipinski definition) is 6. The first-order chi connectivity index (χ1) is 15.6. The highest BCUT2D eigenvalue weighted by molar-refractivity contribution is 7.09. The van der Waals surface area contributed by atoms with Crippen LogP contribution in [-0.2, 0) is 17.8 Å². The Balaban J connectivity index is 1.39. The monoisotopic (exact) mass is 445 g/mol. The van der Waals surface area contributed by atoms with Gasteiger partial charge in [-0.25, -0.2) is 4.98 Å². The van der Waals surface area contributed by atoms with Gasteiger partial charge in [0.25, 0.3) is 0 Å². The van der Waals surface area contributed by atoms with Crippen molar-refractivity contribution in [3.8, 4) is 22.8 Å². The van der Waals surface area contributed by atoms with Gasteiger partial charge >= 0.3 is 0 Å². The first kappa shape index (κ1) is 21.5. The first-order valence-electron chi connectivity index (χ1n) is 10.1. The molecule has 1 amide bonds. The molecule has 0 aliphatic rings. The molecule has 2 heterocycles. The Morgan fingerprint density at radius 1 is 1.06 bits per heavy atom. The van der Waals surface area contributed by atoms with Gasteiger partial charge in [-0.15, -0.1) is 11.3 Å². The predicted octanol–water partition coefficient (Wildman–Crippen LogP) is 5.28. The molecule has 0 atom stereocenters. The zero-order valence-electron chi connectivity index (χ0n) is 17.9. The number of nitrogens with zero attached hydrogens (tertiary/aromatic N) is 2. The molecule has 0 radical (unpaired) electrons. The van der Waals surface area contributed by atoms with E-state index in [4.69, 9.17) is 9.47 Å². The van der Waals surface area contributed by atoms with Gasteiger partial charge in [0.05, 0.1) is 24.2 Å². The molecular formula is C25H23N3O3S. The highest BCUT2D eigenvalue weighted by atomic mass is 32.1. The molecule has 2 aromatic heterocycles. The summed E-state index contributed by atoms with van der Waals surface area (Å²) in [6.07, 6.45) is 3.74. The van der Waals surface area contributed by atoms with Crippen molar-refractivity contribution in [1.29, 1.82) is 0 Å². The minimum Gasteiger partial charge on any atom is -0.493 e. The lowest BCUT2D eigenvalue weighted by Gasteiger charge is -2.13. The lowest BCUT2D eigenvalue weighted by atomic mass is 10.1. The Morgan fingerprint density at radius 3 is 2.59 bits per heavy atom. The van der Waals surface area contributed by atoms with E-state index in [1.54, 1.807) is 49.0 Å². The van der Waals surface area contributed by atoms with Crippen molar-refractivity contribution in [3.05, 3.63) is 88.5 Å². The lowest BCUT2D eigenvalue weighted by molar-refractivity contribution is -0.115. The number of aromatic nitrogens is 2. The van der Waals surface area contributed by atoms with Crippen LogP contribution < -0.4 is 14.8 Å². The Bertz CT molecular complexity index is 1190. The molecule has 0 aliphatic carbocycles. The SMILES string of the molecule is COc1ccc(NC(=O)Cc2ccc(-c3csc(C)n3)cc2)cc1OCc1cccnc1. The molecule has 0 bridgehead atoms. The highest BCUT2D eigenvalue weighted by Gasteiger charge is 2.10. The summed E-state index contributed by atoms with van der Waals surface area (Å²) in [5.41, 5.74) is 4.52. The lowest BCUT2D eigenvalue weighted by Crippen LogP contribution is -2.14. The zero-order chi connectivity index (χ0) is 22.3. The van der Waals surface area contributed by atoms with Crippen molar-refractivity contribution in [3.63, 3.8) is 0 Å². The van der Waals surface area contributed by atoms with Crippen molar-refractivity contribution >= 4 is 22.9 Å². The summed E-state index contributed by atoms with van der Waals surface area (Å²) in [5.74, 6) is 1.04. The minimum absolute atomic E-state index is 0.106. The quantitative estimate of drug-likeness (QED) is 0.399. The number of hydrogen-bond donors (Lipinski definition) is 1. The van der Waals surface area contributed by atoms with E-state index in [9.17, 15) is 4.79 Å². The number of amides is 1. The van der Waals surface area contributed by atoms with E-state index in [0.717, 1.165) is 27.4 Å². The van der Waals surface area contributed by atoms with Gasteiger partial charge in [0.2, 0.25) is 5.91 Å². The zero-order valence-corrected chi connectivity index (χ0v) is 18.7. The predicted molar refractivity (Wildman–Crippen MR) is 126 cm³/mol. The Hall–Kier alpha value is -3.71. The summed E-state index contributed by atoms with van der Waals surface area (Å²) >= 11 is 1.62. The maximum Gasteiger partial charge on any atom is 0.228 e. The molecule has 4 rings (SSSR count). The summed E-state index contributed by atoms with van der Waals surface area (Å²) < 4.78 is 11.3. The smallest absolute Gasteiger partial charge is 0.228 e. The third-order valence-corrected chi connectivity index (χ3v) is 5.57. The van der Waals surface area contributed by atoms with Gasteiger partial charge in [0, 0.05) is 40.7 Å². The van der Waals surface area contributed by atoms with Crippen molar-refractivity contribution in [2.75, 3.05) is 12.4 Å². The standard InChI is InChI=1S/C25H23N3O3S/c1-17-27-22(16-32-17)20-7-5-18(6-8-20)12-25(29)28-21-9-10-23(30-2)24(13-21)31-15-19-4-3-11-26-14-19/h3-11,13-14,16H,12,15H2,1-2H3,(H,28,29). The summed E-state index contributed by atoms with van der Waals surface area (Å²) in [4.78, 5) is 21.2. The molecule has 0 fully saturated rings. The fourth-order valence-corrected chi connectivity index (χ4v) is 3.81. The van der Waals surface area contributed by atoms with Crippen molar-refractivity contribution in [2.45, 2.75) is 20.0 Å². The molecule has 4 aromatic rings. The molecule has 2 aromatic carbocycles. The molecule has 6 nitrogen and oxygen atoms in total. The Morgan fingerprint density at radius 2 is 1.91 bits per heavy atom.